The van der Waals surface area contributed by atoms with Crippen molar-refractivity contribution in [2.24, 2.45) is 0 Å². The molecule has 1 unspecified atom stereocenters. The summed E-state index contributed by atoms with van der Waals surface area (Å²) in [7, 11) is 0. The van der Waals surface area contributed by atoms with Crippen LogP contribution in [0.1, 0.15) is 18.9 Å². The summed E-state index contributed by atoms with van der Waals surface area (Å²) in [5.74, 6) is 0.665. The van der Waals surface area contributed by atoms with Crippen LogP contribution >= 0.6 is 35.1 Å². The van der Waals surface area contributed by atoms with Crippen molar-refractivity contribution < 1.29 is 0 Å². The maximum Gasteiger partial charge on any atom is 0.101 e. The molecule has 0 heterocycles. The zero-order valence-corrected chi connectivity index (χ0v) is 11.8. The Labute approximate surface area is 111 Å². The van der Waals surface area contributed by atoms with Crippen molar-refractivity contribution in [1.82, 2.24) is 0 Å². The molecule has 0 amide bonds. The first-order valence-corrected chi connectivity index (χ1v) is 7.66. The summed E-state index contributed by atoms with van der Waals surface area (Å²) in [4.78, 5) is 2.11. The second-order valence-electron chi connectivity index (χ2n) is 3.35. The molecule has 4 heteroatoms. The molecular formula is C12H14ClNS2. The minimum absolute atomic E-state index is 0.446. The van der Waals surface area contributed by atoms with E-state index in [1.54, 1.807) is 23.5 Å². The quantitative estimate of drug-likeness (QED) is 0.586. The fourth-order valence-electron chi connectivity index (χ4n) is 1.32. The molecule has 1 aromatic carbocycles. The molecule has 0 aliphatic rings. The highest BCUT2D eigenvalue weighted by Gasteiger charge is 2.11. The van der Waals surface area contributed by atoms with Crippen LogP contribution in [0.4, 0.5) is 0 Å². The number of alkyl halides is 1. The maximum absolute atomic E-state index is 9.17. The van der Waals surface area contributed by atoms with Crippen molar-refractivity contribution in [3.8, 4) is 6.07 Å². The number of hydrogen-bond donors (Lipinski definition) is 0. The lowest BCUT2D eigenvalue weighted by Crippen LogP contribution is -1.97. The molecule has 0 saturated heterocycles. The molecule has 0 aromatic heterocycles. The van der Waals surface area contributed by atoms with E-state index in [-0.39, 0.29) is 0 Å². The standard InChI is InChI=1S/C12H14ClNS2/c1-9(6-7-13)16-12-5-3-4-11(15-2)10(12)8-14/h3-5,9H,6-7H2,1-2H3. The van der Waals surface area contributed by atoms with Crippen LogP contribution in [0.5, 0.6) is 0 Å². The molecule has 0 saturated carbocycles. The van der Waals surface area contributed by atoms with E-state index in [4.69, 9.17) is 11.6 Å². The third-order valence-corrected chi connectivity index (χ3v) is 4.39. The first kappa shape index (κ1) is 13.8. The lowest BCUT2D eigenvalue weighted by molar-refractivity contribution is 0.911. The smallest absolute Gasteiger partial charge is 0.101 e. The van der Waals surface area contributed by atoms with Gasteiger partial charge in [0.2, 0.25) is 0 Å². The molecule has 0 spiro atoms. The van der Waals surface area contributed by atoms with Gasteiger partial charge in [0.15, 0.2) is 0 Å². The van der Waals surface area contributed by atoms with E-state index in [0.29, 0.717) is 11.1 Å². The number of benzene rings is 1. The molecular weight excluding hydrogens is 258 g/mol. The highest BCUT2D eigenvalue weighted by Crippen LogP contribution is 2.33. The topological polar surface area (TPSA) is 23.8 Å². The summed E-state index contributed by atoms with van der Waals surface area (Å²) in [6.45, 7) is 2.14. The molecule has 1 aromatic rings. The number of hydrogen-bond acceptors (Lipinski definition) is 3. The van der Waals surface area contributed by atoms with Gasteiger partial charge in [0.1, 0.15) is 6.07 Å². The van der Waals surface area contributed by atoms with Crippen LogP contribution in [0.25, 0.3) is 0 Å². The van der Waals surface area contributed by atoms with Gasteiger partial charge in [0.05, 0.1) is 5.56 Å². The Balaban J connectivity index is 2.92. The molecule has 0 N–H and O–H groups in total. The molecule has 0 bridgehead atoms. The van der Waals surface area contributed by atoms with Crippen LogP contribution in [-0.4, -0.2) is 17.4 Å². The van der Waals surface area contributed by atoms with Gasteiger partial charge in [-0.25, -0.2) is 0 Å². The Morgan fingerprint density at radius 2 is 2.12 bits per heavy atom. The van der Waals surface area contributed by atoms with E-state index in [1.807, 2.05) is 24.5 Å². The fourth-order valence-corrected chi connectivity index (χ4v) is 3.51. The minimum atomic E-state index is 0.446. The van der Waals surface area contributed by atoms with E-state index in [0.717, 1.165) is 21.8 Å². The van der Waals surface area contributed by atoms with Crippen molar-refractivity contribution >= 4 is 35.1 Å². The van der Waals surface area contributed by atoms with Gasteiger partial charge in [0.25, 0.3) is 0 Å². The average Bonchev–Trinajstić information content (AvgIpc) is 2.29. The van der Waals surface area contributed by atoms with Crippen LogP contribution in [0.15, 0.2) is 28.0 Å². The molecule has 0 aliphatic heterocycles. The first-order chi connectivity index (χ1) is 7.72. The summed E-state index contributed by atoms with van der Waals surface area (Å²) in [6.07, 6.45) is 2.95. The van der Waals surface area contributed by atoms with Crippen LogP contribution in [-0.2, 0) is 0 Å². The van der Waals surface area contributed by atoms with Crippen LogP contribution in [0, 0.1) is 11.3 Å². The van der Waals surface area contributed by atoms with E-state index in [2.05, 4.69) is 13.0 Å². The minimum Gasteiger partial charge on any atom is -0.192 e. The monoisotopic (exact) mass is 271 g/mol. The molecule has 0 radical (unpaired) electrons. The van der Waals surface area contributed by atoms with Crippen LogP contribution < -0.4 is 0 Å². The molecule has 16 heavy (non-hydrogen) atoms. The number of thioether (sulfide) groups is 2. The highest BCUT2D eigenvalue weighted by atomic mass is 35.5. The Morgan fingerprint density at radius 1 is 1.44 bits per heavy atom. The van der Waals surface area contributed by atoms with Gasteiger partial charge in [-0.1, -0.05) is 13.0 Å². The second-order valence-corrected chi connectivity index (χ2v) is 6.06. The lowest BCUT2D eigenvalue weighted by Gasteiger charge is -2.11. The zero-order chi connectivity index (χ0) is 12.0. The molecule has 0 aliphatic carbocycles. The first-order valence-electron chi connectivity index (χ1n) is 5.02. The summed E-state index contributed by atoms with van der Waals surface area (Å²) < 4.78 is 0. The SMILES string of the molecule is CSc1cccc(SC(C)CCCl)c1C#N. The number of nitriles is 1. The van der Waals surface area contributed by atoms with E-state index in [9.17, 15) is 5.26 Å². The predicted molar refractivity (Wildman–Crippen MR) is 73.6 cm³/mol. The zero-order valence-electron chi connectivity index (χ0n) is 9.37. The summed E-state index contributed by atoms with van der Waals surface area (Å²) in [6, 6.07) is 8.28. The largest absolute Gasteiger partial charge is 0.192 e. The highest BCUT2D eigenvalue weighted by molar-refractivity contribution is 8.00. The maximum atomic E-state index is 9.17. The molecule has 1 nitrogen and oxygen atoms in total. The fraction of sp³-hybridized carbons (Fsp3) is 0.417. The van der Waals surface area contributed by atoms with Crippen molar-refractivity contribution in [2.45, 2.75) is 28.4 Å². The van der Waals surface area contributed by atoms with E-state index < -0.39 is 0 Å². The van der Waals surface area contributed by atoms with Crippen molar-refractivity contribution in [3.05, 3.63) is 23.8 Å². The van der Waals surface area contributed by atoms with Gasteiger partial charge < -0.3 is 0 Å². The van der Waals surface area contributed by atoms with Crippen LogP contribution in [0.3, 0.4) is 0 Å². The predicted octanol–water partition coefficient (Wildman–Crippen LogP) is 4.39. The van der Waals surface area contributed by atoms with Gasteiger partial charge in [-0.3, -0.25) is 0 Å². The molecule has 1 rings (SSSR count). The lowest BCUT2D eigenvalue weighted by atomic mass is 10.2. The van der Waals surface area contributed by atoms with E-state index >= 15 is 0 Å². The van der Waals surface area contributed by atoms with Gasteiger partial charge in [0, 0.05) is 20.9 Å². The van der Waals surface area contributed by atoms with Crippen molar-refractivity contribution in [2.75, 3.05) is 12.1 Å². The summed E-state index contributed by atoms with van der Waals surface area (Å²) in [5.41, 5.74) is 0.793. The Bertz CT molecular complexity index is 387. The van der Waals surface area contributed by atoms with Gasteiger partial charge >= 0.3 is 0 Å². The second kappa shape index (κ2) is 7.11. The number of rotatable bonds is 5. The molecule has 0 fully saturated rings. The number of halogens is 1. The van der Waals surface area contributed by atoms with Gasteiger partial charge in [-0.2, -0.15) is 5.26 Å². The summed E-state index contributed by atoms with van der Waals surface area (Å²) in [5, 5.41) is 9.62. The van der Waals surface area contributed by atoms with Crippen molar-refractivity contribution in [1.29, 1.82) is 5.26 Å². The third kappa shape index (κ3) is 3.62. The van der Waals surface area contributed by atoms with Crippen molar-refractivity contribution in [3.63, 3.8) is 0 Å². The van der Waals surface area contributed by atoms with Gasteiger partial charge in [-0.15, -0.1) is 35.1 Å². The Kier molecular flexibility index (Phi) is 6.12. The normalized spacial score (nSPS) is 12.1. The van der Waals surface area contributed by atoms with Crippen LogP contribution in [0.2, 0.25) is 0 Å². The molecule has 1 atom stereocenters. The van der Waals surface area contributed by atoms with Gasteiger partial charge in [-0.05, 0) is 24.8 Å². The van der Waals surface area contributed by atoms with E-state index in [1.165, 1.54) is 0 Å². The Morgan fingerprint density at radius 3 is 2.69 bits per heavy atom. The molecule has 86 valence electrons. The Hall–Kier alpha value is -0.300. The number of nitrogens with zero attached hydrogens (tertiary/aromatic N) is 1. The summed E-state index contributed by atoms with van der Waals surface area (Å²) >= 11 is 9.05. The third-order valence-electron chi connectivity index (χ3n) is 2.16. The average molecular weight is 272 g/mol.